The number of hydrogen-bond acceptors (Lipinski definition) is 3. The fourth-order valence-electron chi connectivity index (χ4n) is 1.42. The Morgan fingerprint density at radius 2 is 2.06 bits per heavy atom. The predicted octanol–water partition coefficient (Wildman–Crippen LogP) is 1.66. The molecule has 1 rings (SSSR count). The number of nitrogens with two attached hydrogens (primary N) is 1. The second-order valence-corrected chi connectivity index (χ2v) is 5.63. The van der Waals surface area contributed by atoms with E-state index in [1.807, 2.05) is 0 Å². The first kappa shape index (κ1) is 14.8. The minimum absolute atomic E-state index is 0.0344. The van der Waals surface area contributed by atoms with E-state index in [0.717, 1.165) is 6.07 Å². The molecule has 1 atom stereocenters. The van der Waals surface area contributed by atoms with E-state index in [-0.39, 0.29) is 24.0 Å². The van der Waals surface area contributed by atoms with E-state index in [1.165, 1.54) is 12.1 Å². The van der Waals surface area contributed by atoms with Crippen LogP contribution in [0.15, 0.2) is 18.2 Å². The largest absolute Gasteiger partial charge is 0.490 e. The normalized spacial score (nSPS) is 13.3. The van der Waals surface area contributed by atoms with Gasteiger partial charge in [-0.25, -0.2) is 17.9 Å². The lowest BCUT2D eigenvalue weighted by molar-refractivity contribution is 0.244. The summed E-state index contributed by atoms with van der Waals surface area (Å²) in [5, 5.41) is 4.92. The fourth-order valence-corrected chi connectivity index (χ4v) is 2.40. The van der Waals surface area contributed by atoms with Crippen LogP contribution in [0.4, 0.5) is 8.78 Å². The number of halogens is 2. The molecule has 4 nitrogen and oxygen atoms in total. The third-order valence-corrected chi connectivity index (χ3v) is 3.37. The molecule has 0 bridgehead atoms. The van der Waals surface area contributed by atoms with Gasteiger partial charge in [-0.05, 0) is 18.6 Å². The number of ether oxygens (including phenoxy) is 1. The average molecular weight is 279 g/mol. The standard InChI is InChI=1S/C11H15F2NO3S/c1-2-8(7-18(14,15)16)6-17-10-5-3-4-9(12)11(10)13/h3-5,8H,2,6-7H2,1H3,(H2,14,15,16). The lowest BCUT2D eigenvalue weighted by atomic mass is 10.1. The summed E-state index contributed by atoms with van der Waals surface area (Å²) in [4.78, 5) is 0. The maximum absolute atomic E-state index is 13.3. The van der Waals surface area contributed by atoms with Crippen LogP contribution in [-0.4, -0.2) is 20.8 Å². The molecule has 0 radical (unpaired) electrons. The molecule has 1 unspecified atom stereocenters. The van der Waals surface area contributed by atoms with Gasteiger partial charge in [-0.1, -0.05) is 13.0 Å². The summed E-state index contributed by atoms with van der Waals surface area (Å²) in [7, 11) is -3.61. The van der Waals surface area contributed by atoms with E-state index in [2.05, 4.69) is 0 Å². The van der Waals surface area contributed by atoms with Crippen LogP contribution in [0.1, 0.15) is 13.3 Å². The molecule has 0 aromatic heterocycles. The van der Waals surface area contributed by atoms with Gasteiger partial charge in [0.2, 0.25) is 15.8 Å². The Labute approximate surface area is 105 Å². The highest BCUT2D eigenvalue weighted by Gasteiger charge is 2.16. The van der Waals surface area contributed by atoms with E-state index in [0.29, 0.717) is 6.42 Å². The minimum atomic E-state index is -3.61. The van der Waals surface area contributed by atoms with Crippen molar-refractivity contribution in [3.63, 3.8) is 0 Å². The highest BCUT2D eigenvalue weighted by Crippen LogP contribution is 2.20. The second kappa shape index (κ2) is 6.10. The van der Waals surface area contributed by atoms with Crippen molar-refractivity contribution >= 4 is 10.0 Å². The maximum Gasteiger partial charge on any atom is 0.209 e. The van der Waals surface area contributed by atoms with E-state index >= 15 is 0 Å². The molecular formula is C11H15F2NO3S. The summed E-state index contributed by atoms with van der Waals surface area (Å²) in [6.07, 6.45) is 0.507. The molecule has 0 spiro atoms. The Balaban J connectivity index is 2.66. The van der Waals surface area contributed by atoms with E-state index in [1.54, 1.807) is 6.92 Å². The van der Waals surface area contributed by atoms with Crippen molar-refractivity contribution in [2.45, 2.75) is 13.3 Å². The Morgan fingerprint density at radius 1 is 1.39 bits per heavy atom. The zero-order valence-electron chi connectivity index (χ0n) is 9.90. The van der Waals surface area contributed by atoms with Gasteiger partial charge in [0.05, 0.1) is 12.4 Å². The number of primary sulfonamides is 1. The van der Waals surface area contributed by atoms with Gasteiger partial charge in [0, 0.05) is 5.92 Å². The summed E-state index contributed by atoms with van der Waals surface area (Å²) in [6, 6.07) is 3.57. The van der Waals surface area contributed by atoms with Gasteiger partial charge in [-0.15, -0.1) is 0 Å². The summed E-state index contributed by atoms with van der Waals surface area (Å²) in [6.45, 7) is 1.73. The summed E-state index contributed by atoms with van der Waals surface area (Å²) >= 11 is 0. The third kappa shape index (κ3) is 4.58. The molecule has 1 aromatic carbocycles. The van der Waals surface area contributed by atoms with Crippen molar-refractivity contribution in [3.05, 3.63) is 29.8 Å². The van der Waals surface area contributed by atoms with Gasteiger partial charge in [0.15, 0.2) is 11.6 Å². The first-order valence-corrected chi connectivity index (χ1v) is 7.12. The Hall–Kier alpha value is -1.21. The van der Waals surface area contributed by atoms with Gasteiger partial charge < -0.3 is 4.74 Å². The highest BCUT2D eigenvalue weighted by atomic mass is 32.2. The van der Waals surface area contributed by atoms with Crippen LogP contribution in [-0.2, 0) is 10.0 Å². The van der Waals surface area contributed by atoms with E-state index in [4.69, 9.17) is 9.88 Å². The van der Waals surface area contributed by atoms with Gasteiger partial charge in [0.1, 0.15) is 0 Å². The van der Waals surface area contributed by atoms with Gasteiger partial charge in [0.25, 0.3) is 0 Å². The molecule has 0 aliphatic carbocycles. The molecule has 0 aliphatic heterocycles. The molecule has 102 valence electrons. The van der Waals surface area contributed by atoms with Crippen molar-refractivity contribution in [2.75, 3.05) is 12.4 Å². The SMILES string of the molecule is CCC(COc1cccc(F)c1F)CS(N)(=O)=O. The molecule has 1 aromatic rings. The summed E-state index contributed by atoms with van der Waals surface area (Å²) in [5.74, 6) is -2.93. The zero-order chi connectivity index (χ0) is 13.8. The van der Waals surface area contributed by atoms with E-state index < -0.39 is 21.7 Å². The Morgan fingerprint density at radius 3 is 2.61 bits per heavy atom. The molecule has 0 amide bonds. The van der Waals surface area contributed by atoms with E-state index in [9.17, 15) is 17.2 Å². The molecule has 0 heterocycles. The van der Waals surface area contributed by atoms with Crippen molar-refractivity contribution < 1.29 is 21.9 Å². The zero-order valence-corrected chi connectivity index (χ0v) is 10.7. The van der Waals surface area contributed by atoms with Crippen LogP contribution in [0.2, 0.25) is 0 Å². The Bertz CT molecular complexity index is 505. The van der Waals surface area contributed by atoms with Crippen LogP contribution >= 0.6 is 0 Å². The van der Waals surface area contributed by atoms with Gasteiger partial charge >= 0.3 is 0 Å². The number of sulfonamides is 1. The molecule has 0 saturated heterocycles. The predicted molar refractivity (Wildman–Crippen MR) is 63.6 cm³/mol. The fraction of sp³-hybridized carbons (Fsp3) is 0.455. The number of benzene rings is 1. The molecule has 0 fully saturated rings. The molecule has 0 saturated carbocycles. The number of hydrogen-bond donors (Lipinski definition) is 1. The topological polar surface area (TPSA) is 69.4 Å². The monoisotopic (exact) mass is 279 g/mol. The van der Waals surface area contributed by atoms with Gasteiger partial charge in [-0.2, -0.15) is 4.39 Å². The molecule has 18 heavy (non-hydrogen) atoms. The van der Waals surface area contributed by atoms with Crippen molar-refractivity contribution in [3.8, 4) is 5.75 Å². The third-order valence-electron chi connectivity index (χ3n) is 2.44. The molecule has 7 heteroatoms. The lowest BCUT2D eigenvalue weighted by Crippen LogP contribution is -2.26. The van der Waals surface area contributed by atoms with Crippen molar-refractivity contribution in [1.29, 1.82) is 0 Å². The smallest absolute Gasteiger partial charge is 0.209 e. The van der Waals surface area contributed by atoms with Crippen LogP contribution in [0.25, 0.3) is 0 Å². The second-order valence-electron chi connectivity index (χ2n) is 3.97. The van der Waals surface area contributed by atoms with Crippen molar-refractivity contribution in [2.24, 2.45) is 11.1 Å². The van der Waals surface area contributed by atoms with Crippen LogP contribution in [0.5, 0.6) is 5.75 Å². The summed E-state index contributed by atoms with van der Waals surface area (Å²) in [5.41, 5.74) is 0. The van der Waals surface area contributed by atoms with Crippen LogP contribution in [0, 0.1) is 17.6 Å². The molecule has 2 N–H and O–H groups in total. The van der Waals surface area contributed by atoms with Crippen LogP contribution in [0.3, 0.4) is 0 Å². The number of rotatable bonds is 6. The lowest BCUT2D eigenvalue weighted by Gasteiger charge is -2.15. The van der Waals surface area contributed by atoms with Crippen molar-refractivity contribution in [1.82, 2.24) is 0 Å². The average Bonchev–Trinajstić information content (AvgIpc) is 2.27. The van der Waals surface area contributed by atoms with Gasteiger partial charge in [-0.3, -0.25) is 0 Å². The maximum atomic E-state index is 13.3. The molecule has 0 aliphatic rings. The molecular weight excluding hydrogens is 264 g/mol. The minimum Gasteiger partial charge on any atom is -0.490 e. The quantitative estimate of drug-likeness (QED) is 0.861. The highest BCUT2D eigenvalue weighted by molar-refractivity contribution is 7.89. The van der Waals surface area contributed by atoms with Crippen LogP contribution < -0.4 is 9.88 Å². The first-order valence-electron chi connectivity index (χ1n) is 5.40. The first-order chi connectivity index (χ1) is 8.33. The summed E-state index contributed by atoms with van der Waals surface area (Å²) < 4.78 is 53.1. The Kier molecular flexibility index (Phi) is 5.03.